The van der Waals surface area contributed by atoms with Crippen molar-refractivity contribution in [2.24, 2.45) is 0 Å². The highest BCUT2D eigenvalue weighted by Crippen LogP contribution is 2.31. The minimum atomic E-state index is -1.12. The maximum atomic E-state index is 13.3. The molecule has 1 atom stereocenters. The molecule has 4 aromatic carbocycles. The number of nitrogens with one attached hydrogen (secondary N) is 2. The number of rotatable bonds is 8. The maximum absolute atomic E-state index is 13.3. The lowest BCUT2D eigenvalue weighted by atomic mass is 10.0. The number of carbonyl (C=O) groups excluding carboxylic acids is 2. The van der Waals surface area contributed by atoms with Gasteiger partial charge in [0.15, 0.2) is 23.0 Å². The van der Waals surface area contributed by atoms with Gasteiger partial charge in [0.05, 0.1) is 5.56 Å². The molecule has 10 nitrogen and oxygen atoms in total. The van der Waals surface area contributed by atoms with E-state index < -0.39 is 17.9 Å². The Labute approximate surface area is 217 Å². The van der Waals surface area contributed by atoms with Crippen LogP contribution in [0.3, 0.4) is 0 Å². The van der Waals surface area contributed by atoms with Gasteiger partial charge in [0.1, 0.15) is 17.5 Å². The van der Waals surface area contributed by atoms with Gasteiger partial charge in [0.2, 0.25) is 5.91 Å². The molecule has 0 aliphatic rings. The number of aromatic hydroxyl groups is 6. The molecule has 0 aliphatic carbocycles. The van der Waals surface area contributed by atoms with Crippen LogP contribution in [0.1, 0.15) is 21.5 Å². The quantitative estimate of drug-likeness (QED) is 0.164. The standard InChI is InChI=1S/C28H26N2O8/c31-17-13-19-18(2-1-3-22(19)32)20(14-17)27(37)30-21(10-16-5-7-24(34)26(36)12-16)28(38)29-9-8-15-4-6-23(33)25(35)11-15/h1-7,11-14,21,31-36H,8-10H2,(H,29,38)(H,30,37)/t21-/m0/s1. The molecule has 0 bridgehead atoms. The van der Waals surface area contributed by atoms with Gasteiger partial charge in [-0.2, -0.15) is 0 Å². The summed E-state index contributed by atoms with van der Waals surface area (Å²) in [5, 5.41) is 64.9. The molecular formula is C28H26N2O8. The summed E-state index contributed by atoms with van der Waals surface area (Å²) in [6, 6.07) is 14.4. The molecule has 196 valence electrons. The molecule has 2 amide bonds. The number of carbonyl (C=O) groups is 2. The van der Waals surface area contributed by atoms with Crippen molar-refractivity contribution in [3.05, 3.63) is 83.4 Å². The predicted molar refractivity (Wildman–Crippen MR) is 138 cm³/mol. The normalized spacial score (nSPS) is 11.7. The maximum Gasteiger partial charge on any atom is 0.252 e. The fourth-order valence-corrected chi connectivity index (χ4v) is 4.10. The molecule has 0 aromatic heterocycles. The van der Waals surface area contributed by atoms with Crippen LogP contribution >= 0.6 is 0 Å². The lowest BCUT2D eigenvalue weighted by Crippen LogP contribution is -2.48. The molecule has 38 heavy (non-hydrogen) atoms. The molecule has 0 heterocycles. The van der Waals surface area contributed by atoms with Crippen LogP contribution in [0.2, 0.25) is 0 Å². The third-order valence-electron chi connectivity index (χ3n) is 6.06. The zero-order chi connectivity index (χ0) is 27.4. The molecule has 10 heteroatoms. The average molecular weight is 519 g/mol. The molecule has 0 aliphatic heterocycles. The SMILES string of the molecule is O=C(N[C@@H](Cc1ccc(O)c(O)c1)C(=O)NCCc1ccc(O)c(O)c1)c1cc(O)cc2c(O)cccc12. The van der Waals surface area contributed by atoms with E-state index in [4.69, 9.17) is 0 Å². The van der Waals surface area contributed by atoms with Gasteiger partial charge < -0.3 is 41.3 Å². The van der Waals surface area contributed by atoms with E-state index in [0.717, 1.165) is 0 Å². The second kappa shape index (κ2) is 10.9. The van der Waals surface area contributed by atoms with Gasteiger partial charge in [-0.3, -0.25) is 9.59 Å². The highest BCUT2D eigenvalue weighted by Gasteiger charge is 2.24. The summed E-state index contributed by atoms with van der Waals surface area (Å²) >= 11 is 0. The first-order valence-corrected chi connectivity index (χ1v) is 11.7. The topological polar surface area (TPSA) is 180 Å². The zero-order valence-corrected chi connectivity index (χ0v) is 20.0. The Morgan fingerprint density at radius 2 is 1.34 bits per heavy atom. The second-order valence-electron chi connectivity index (χ2n) is 8.78. The molecule has 0 saturated heterocycles. The summed E-state index contributed by atoms with van der Waals surface area (Å²) in [4.78, 5) is 26.4. The van der Waals surface area contributed by atoms with Crippen molar-refractivity contribution in [1.82, 2.24) is 10.6 Å². The van der Waals surface area contributed by atoms with Gasteiger partial charge in [-0.05, 0) is 65.4 Å². The van der Waals surface area contributed by atoms with Crippen LogP contribution in [0.25, 0.3) is 10.8 Å². The van der Waals surface area contributed by atoms with Crippen LogP contribution in [0.5, 0.6) is 34.5 Å². The third-order valence-corrected chi connectivity index (χ3v) is 6.06. The molecule has 0 fully saturated rings. The molecule has 0 spiro atoms. The molecule has 4 aromatic rings. The fourth-order valence-electron chi connectivity index (χ4n) is 4.10. The van der Waals surface area contributed by atoms with Crippen molar-refractivity contribution < 1.29 is 40.2 Å². The summed E-state index contributed by atoms with van der Waals surface area (Å²) in [6.45, 7) is 0.152. The third kappa shape index (κ3) is 5.81. The molecule has 0 saturated carbocycles. The largest absolute Gasteiger partial charge is 0.508 e. The van der Waals surface area contributed by atoms with E-state index in [1.165, 1.54) is 48.5 Å². The van der Waals surface area contributed by atoms with Crippen molar-refractivity contribution in [2.45, 2.75) is 18.9 Å². The Balaban J connectivity index is 1.56. The van der Waals surface area contributed by atoms with E-state index >= 15 is 0 Å². The number of phenols is 6. The monoisotopic (exact) mass is 518 g/mol. The van der Waals surface area contributed by atoms with Gasteiger partial charge in [0.25, 0.3) is 5.91 Å². The highest BCUT2D eigenvalue weighted by atomic mass is 16.3. The van der Waals surface area contributed by atoms with E-state index in [9.17, 15) is 40.2 Å². The summed E-state index contributed by atoms with van der Waals surface area (Å²) in [5.41, 5.74) is 1.17. The Bertz CT molecular complexity index is 1520. The van der Waals surface area contributed by atoms with Crippen molar-refractivity contribution in [1.29, 1.82) is 0 Å². The number of fused-ring (bicyclic) bond motifs is 1. The first kappa shape index (κ1) is 26.0. The minimum absolute atomic E-state index is 0.0343. The van der Waals surface area contributed by atoms with Crippen molar-refractivity contribution in [2.75, 3.05) is 6.54 Å². The van der Waals surface area contributed by atoms with Crippen LogP contribution < -0.4 is 10.6 Å². The molecule has 4 rings (SSSR count). The fraction of sp³-hybridized carbons (Fsp3) is 0.143. The van der Waals surface area contributed by atoms with Gasteiger partial charge in [-0.15, -0.1) is 0 Å². The van der Waals surface area contributed by atoms with Crippen LogP contribution in [0, 0.1) is 0 Å². The van der Waals surface area contributed by atoms with Gasteiger partial charge in [-0.1, -0.05) is 24.3 Å². The Morgan fingerprint density at radius 1 is 0.684 bits per heavy atom. The lowest BCUT2D eigenvalue weighted by molar-refractivity contribution is -0.122. The number of hydrogen-bond donors (Lipinski definition) is 8. The van der Waals surface area contributed by atoms with Crippen molar-refractivity contribution in [3.63, 3.8) is 0 Å². The second-order valence-corrected chi connectivity index (χ2v) is 8.78. The lowest BCUT2D eigenvalue weighted by Gasteiger charge is -2.20. The summed E-state index contributed by atoms with van der Waals surface area (Å²) in [7, 11) is 0. The number of amides is 2. The predicted octanol–water partition coefficient (Wildman–Crippen LogP) is 2.77. The van der Waals surface area contributed by atoms with Gasteiger partial charge in [0, 0.05) is 18.4 Å². The van der Waals surface area contributed by atoms with E-state index in [1.807, 2.05) is 0 Å². The minimum Gasteiger partial charge on any atom is -0.508 e. The zero-order valence-electron chi connectivity index (χ0n) is 20.0. The number of benzene rings is 4. The van der Waals surface area contributed by atoms with Crippen molar-refractivity contribution >= 4 is 22.6 Å². The van der Waals surface area contributed by atoms with E-state index in [2.05, 4.69) is 10.6 Å². The summed E-state index contributed by atoms with van der Waals surface area (Å²) in [6.07, 6.45) is 0.296. The van der Waals surface area contributed by atoms with Crippen LogP contribution in [0.15, 0.2) is 66.7 Å². The average Bonchev–Trinajstić information content (AvgIpc) is 2.88. The van der Waals surface area contributed by atoms with Crippen molar-refractivity contribution in [3.8, 4) is 34.5 Å². The van der Waals surface area contributed by atoms with Gasteiger partial charge >= 0.3 is 0 Å². The summed E-state index contributed by atoms with van der Waals surface area (Å²) < 4.78 is 0. The Hall–Kier alpha value is -5.12. The van der Waals surface area contributed by atoms with Gasteiger partial charge in [-0.25, -0.2) is 0 Å². The first-order chi connectivity index (χ1) is 18.1. The summed E-state index contributed by atoms with van der Waals surface area (Å²) in [5.74, 6) is -2.84. The van der Waals surface area contributed by atoms with E-state index in [1.54, 1.807) is 18.2 Å². The first-order valence-electron chi connectivity index (χ1n) is 11.7. The molecule has 8 N–H and O–H groups in total. The van der Waals surface area contributed by atoms with Crippen LogP contribution in [0.4, 0.5) is 0 Å². The molecule has 0 radical (unpaired) electrons. The number of hydrogen-bond acceptors (Lipinski definition) is 8. The highest BCUT2D eigenvalue weighted by molar-refractivity contribution is 6.10. The van der Waals surface area contributed by atoms with Crippen LogP contribution in [-0.4, -0.2) is 55.0 Å². The number of phenolic OH excluding ortho intramolecular Hbond substituents is 6. The van der Waals surface area contributed by atoms with Crippen LogP contribution in [-0.2, 0) is 17.6 Å². The Morgan fingerprint density at radius 3 is 2.03 bits per heavy atom. The van der Waals surface area contributed by atoms with E-state index in [0.29, 0.717) is 22.9 Å². The molecular weight excluding hydrogens is 492 g/mol. The Kier molecular flexibility index (Phi) is 7.43. The molecule has 0 unspecified atom stereocenters. The smallest absolute Gasteiger partial charge is 0.252 e. The van der Waals surface area contributed by atoms with E-state index in [-0.39, 0.29) is 58.4 Å².